The lowest BCUT2D eigenvalue weighted by atomic mass is 9.82. The number of nitrogens with one attached hydrogen (secondary N) is 1. The van der Waals surface area contributed by atoms with Gasteiger partial charge in [0.2, 0.25) is 5.54 Å². The van der Waals surface area contributed by atoms with Crippen LogP contribution in [0.1, 0.15) is 12.5 Å². The Labute approximate surface area is 186 Å². The SMILES string of the molecule is CCOC(=O)Nc1cccc(C2(C(=O)O)N=c3cc(Cl)cc(Cl)c3=C2/C=C/C(=O)O)c1. The van der Waals surface area contributed by atoms with Crippen molar-refractivity contribution in [2.45, 2.75) is 12.5 Å². The van der Waals surface area contributed by atoms with E-state index in [0.29, 0.717) is 0 Å². The number of rotatable bonds is 6. The maximum Gasteiger partial charge on any atom is 0.411 e. The predicted molar refractivity (Wildman–Crippen MR) is 114 cm³/mol. The first kappa shape index (κ1) is 22.3. The molecule has 0 aliphatic carbocycles. The Morgan fingerprint density at radius 3 is 2.58 bits per heavy atom. The number of aliphatic carboxylic acids is 2. The van der Waals surface area contributed by atoms with Gasteiger partial charge in [0.15, 0.2) is 0 Å². The second-order valence-corrected chi connectivity index (χ2v) is 7.26. The highest BCUT2D eigenvalue weighted by Crippen LogP contribution is 2.38. The van der Waals surface area contributed by atoms with Crippen molar-refractivity contribution in [3.8, 4) is 0 Å². The largest absolute Gasteiger partial charge is 0.479 e. The molecule has 3 N–H and O–H groups in total. The van der Waals surface area contributed by atoms with E-state index >= 15 is 0 Å². The maximum atomic E-state index is 12.6. The lowest BCUT2D eigenvalue weighted by Crippen LogP contribution is -2.35. The molecular weight excluding hydrogens is 447 g/mol. The fraction of sp³-hybridized carbons (Fsp3) is 0.143. The molecule has 160 valence electrons. The first-order valence-electron chi connectivity index (χ1n) is 8.97. The van der Waals surface area contributed by atoms with Gasteiger partial charge in [0.1, 0.15) is 0 Å². The standard InChI is InChI=1S/C21H16Cl2N2O6/c1-2-31-20(30)24-13-5-3-4-11(8-13)21(19(28)29)14(6-7-17(26)27)18-15(23)9-12(22)10-16(18)25-21/h3-10H,2H2,1H3,(H,24,30)(H,26,27)(H,28,29)/b7-6+. The van der Waals surface area contributed by atoms with Gasteiger partial charge in [-0.15, -0.1) is 0 Å². The van der Waals surface area contributed by atoms with Crippen molar-refractivity contribution < 1.29 is 29.3 Å². The Morgan fingerprint density at radius 2 is 1.94 bits per heavy atom. The number of carbonyl (C=O) groups excluding carboxylic acids is 1. The Hall–Kier alpha value is -3.36. The van der Waals surface area contributed by atoms with Crippen LogP contribution < -0.4 is 15.9 Å². The molecule has 1 aliphatic heterocycles. The van der Waals surface area contributed by atoms with E-state index in [-0.39, 0.29) is 44.1 Å². The molecule has 3 rings (SSSR count). The van der Waals surface area contributed by atoms with Crippen LogP contribution in [-0.4, -0.2) is 34.9 Å². The monoisotopic (exact) mass is 462 g/mol. The molecule has 0 saturated heterocycles. The van der Waals surface area contributed by atoms with E-state index in [1.807, 2.05) is 0 Å². The number of carboxylic acid groups (broad SMARTS) is 2. The summed E-state index contributed by atoms with van der Waals surface area (Å²) in [5.74, 6) is -2.64. The minimum absolute atomic E-state index is 0.0485. The topological polar surface area (TPSA) is 125 Å². The maximum absolute atomic E-state index is 12.6. The number of benzene rings is 2. The van der Waals surface area contributed by atoms with Crippen molar-refractivity contribution in [3.63, 3.8) is 0 Å². The summed E-state index contributed by atoms with van der Waals surface area (Å²) in [6.07, 6.45) is 1.25. The lowest BCUT2D eigenvalue weighted by molar-refractivity contribution is -0.141. The predicted octanol–water partition coefficient (Wildman–Crippen LogP) is 2.97. The van der Waals surface area contributed by atoms with Crippen LogP contribution in [0.25, 0.3) is 5.57 Å². The summed E-state index contributed by atoms with van der Waals surface area (Å²) in [7, 11) is 0. The summed E-state index contributed by atoms with van der Waals surface area (Å²) in [5, 5.41) is 22.7. The highest BCUT2D eigenvalue weighted by molar-refractivity contribution is 6.34. The first-order valence-corrected chi connectivity index (χ1v) is 9.73. The van der Waals surface area contributed by atoms with Crippen molar-refractivity contribution in [3.05, 3.63) is 74.7 Å². The Balaban J connectivity index is 2.30. The van der Waals surface area contributed by atoms with E-state index in [2.05, 4.69) is 10.3 Å². The van der Waals surface area contributed by atoms with E-state index in [9.17, 15) is 19.5 Å². The molecule has 8 nitrogen and oxygen atoms in total. The quantitative estimate of drug-likeness (QED) is 0.566. The molecule has 0 bridgehead atoms. The van der Waals surface area contributed by atoms with Gasteiger partial charge in [0, 0.05) is 27.6 Å². The van der Waals surface area contributed by atoms with Crippen LogP contribution in [0.4, 0.5) is 10.5 Å². The van der Waals surface area contributed by atoms with Crippen LogP contribution in [0, 0.1) is 0 Å². The fourth-order valence-electron chi connectivity index (χ4n) is 3.31. The Kier molecular flexibility index (Phi) is 6.33. The molecule has 0 radical (unpaired) electrons. The van der Waals surface area contributed by atoms with Crippen molar-refractivity contribution in [2.24, 2.45) is 4.99 Å². The molecule has 1 unspecified atom stereocenters. The summed E-state index contributed by atoms with van der Waals surface area (Å²) in [6, 6.07) is 8.88. The van der Waals surface area contributed by atoms with Gasteiger partial charge < -0.3 is 14.9 Å². The van der Waals surface area contributed by atoms with Gasteiger partial charge in [-0.25, -0.2) is 14.4 Å². The summed E-state index contributed by atoms with van der Waals surface area (Å²) in [4.78, 5) is 39.9. The zero-order chi connectivity index (χ0) is 22.8. The van der Waals surface area contributed by atoms with Crippen molar-refractivity contribution in [1.82, 2.24) is 0 Å². The molecule has 1 aliphatic rings. The first-order chi connectivity index (χ1) is 14.7. The summed E-state index contributed by atoms with van der Waals surface area (Å²) < 4.78 is 4.85. The van der Waals surface area contributed by atoms with Gasteiger partial charge >= 0.3 is 18.0 Å². The summed E-state index contributed by atoms with van der Waals surface area (Å²) >= 11 is 12.4. The molecule has 2 aromatic rings. The van der Waals surface area contributed by atoms with Crippen LogP contribution in [-0.2, 0) is 19.9 Å². The van der Waals surface area contributed by atoms with Crippen LogP contribution in [0.15, 0.2) is 53.5 Å². The number of amides is 1. The highest BCUT2D eigenvalue weighted by Gasteiger charge is 2.46. The molecular formula is C21H16Cl2N2O6. The van der Waals surface area contributed by atoms with E-state index in [1.165, 1.54) is 30.3 Å². The molecule has 0 spiro atoms. The second-order valence-electron chi connectivity index (χ2n) is 6.42. The fourth-order valence-corrected chi connectivity index (χ4v) is 3.89. The minimum Gasteiger partial charge on any atom is -0.479 e. The third-order valence-corrected chi connectivity index (χ3v) is 5.00. The third-order valence-electron chi connectivity index (χ3n) is 4.49. The molecule has 10 heteroatoms. The van der Waals surface area contributed by atoms with Gasteiger partial charge in [-0.3, -0.25) is 10.3 Å². The molecule has 0 fully saturated rings. The van der Waals surface area contributed by atoms with E-state index in [1.54, 1.807) is 13.0 Å². The molecule has 31 heavy (non-hydrogen) atoms. The smallest absolute Gasteiger partial charge is 0.411 e. The number of halogens is 2. The molecule has 2 aromatic carbocycles. The van der Waals surface area contributed by atoms with Gasteiger partial charge in [-0.1, -0.05) is 35.3 Å². The zero-order valence-corrected chi connectivity index (χ0v) is 17.6. The molecule has 1 heterocycles. The van der Waals surface area contributed by atoms with Crippen LogP contribution in [0.3, 0.4) is 0 Å². The van der Waals surface area contributed by atoms with Gasteiger partial charge in [0.05, 0.1) is 17.0 Å². The molecule has 0 saturated carbocycles. The van der Waals surface area contributed by atoms with E-state index in [0.717, 1.165) is 12.2 Å². The average molecular weight is 463 g/mol. The number of anilines is 1. The van der Waals surface area contributed by atoms with Crippen molar-refractivity contribution in [1.29, 1.82) is 0 Å². The Morgan fingerprint density at radius 1 is 1.19 bits per heavy atom. The minimum atomic E-state index is -2.02. The number of hydrogen-bond acceptors (Lipinski definition) is 5. The number of fused-ring (bicyclic) bond motifs is 1. The lowest BCUT2D eigenvalue weighted by Gasteiger charge is -2.25. The molecule has 0 aromatic heterocycles. The summed E-state index contributed by atoms with van der Waals surface area (Å²) in [6.45, 7) is 1.81. The number of carbonyl (C=O) groups is 3. The number of carboxylic acids is 2. The van der Waals surface area contributed by atoms with Crippen LogP contribution >= 0.6 is 23.2 Å². The zero-order valence-electron chi connectivity index (χ0n) is 16.1. The van der Waals surface area contributed by atoms with Crippen LogP contribution in [0.2, 0.25) is 10.0 Å². The van der Waals surface area contributed by atoms with Crippen LogP contribution in [0.5, 0.6) is 0 Å². The van der Waals surface area contributed by atoms with E-state index in [4.69, 9.17) is 33.0 Å². The normalized spacial score (nSPS) is 17.2. The summed E-state index contributed by atoms with van der Waals surface area (Å²) in [5.41, 5.74) is -1.53. The number of hydrogen-bond donors (Lipinski definition) is 3. The highest BCUT2D eigenvalue weighted by atomic mass is 35.5. The number of nitrogens with zero attached hydrogens (tertiary/aromatic N) is 1. The third kappa shape index (κ3) is 4.26. The molecule has 1 atom stereocenters. The average Bonchev–Trinajstić information content (AvgIpc) is 3.02. The van der Waals surface area contributed by atoms with Gasteiger partial charge in [-0.2, -0.15) is 0 Å². The van der Waals surface area contributed by atoms with E-state index < -0.39 is 23.6 Å². The van der Waals surface area contributed by atoms with Crippen molar-refractivity contribution >= 4 is 52.5 Å². The number of ether oxygens (including phenoxy) is 1. The second kappa shape index (κ2) is 8.79. The molecule has 1 amide bonds. The van der Waals surface area contributed by atoms with Gasteiger partial charge in [0.25, 0.3) is 0 Å². The van der Waals surface area contributed by atoms with Gasteiger partial charge in [-0.05, 0) is 42.8 Å². The Bertz CT molecular complexity index is 1240. The van der Waals surface area contributed by atoms with Crippen molar-refractivity contribution in [2.75, 3.05) is 11.9 Å².